The predicted octanol–water partition coefficient (Wildman–Crippen LogP) is 2.22. The van der Waals surface area contributed by atoms with Crippen molar-refractivity contribution < 1.29 is 0 Å². The van der Waals surface area contributed by atoms with Gasteiger partial charge in [0.2, 0.25) is 0 Å². The molecular formula is C9H9N3S. The van der Waals surface area contributed by atoms with Crippen molar-refractivity contribution in [3.05, 3.63) is 29.0 Å². The van der Waals surface area contributed by atoms with Gasteiger partial charge in [0.1, 0.15) is 0 Å². The molecule has 0 fully saturated rings. The summed E-state index contributed by atoms with van der Waals surface area (Å²) in [4.78, 5) is 12.7. The molecule has 0 aliphatic heterocycles. The zero-order valence-corrected chi connectivity index (χ0v) is 8.30. The van der Waals surface area contributed by atoms with Crippen LogP contribution in [0.4, 0.5) is 0 Å². The normalized spacial score (nSPS) is 10.3. The predicted molar refractivity (Wildman–Crippen MR) is 52.6 cm³/mol. The van der Waals surface area contributed by atoms with Crippen molar-refractivity contribution in [2.75, 3.05) is 0 Å². The van der Waals surface area contributed by atoms with Gasteiger partial charge in [0.25, 0.3) is 0 Å². The summed E-state index contributed by atoms with van der Waals surface area (Å²) in [6.07, 6.45) is 3.61. The number of aryl methyl sites for hydroxylation is 2. The van der Waals surface area contributed by atoms with E-state index in [9.17, 15) is 0 Å². The summed E-state index contributed by atoms with van der Waals surface area (Å²) in [5, 5.41) is 2.89. The second-order valence-corrected chi connectivity index (χ2v) is 3.74. The molecule has 0 aromatic carbocycles. The van der Waals surface area contributed by atoms with E-state index in [1.54, 1.807) is 23.7 Å². The van der Waals surface area contributed by atoms with Gasteiger partial charge in [-0.05, 0) is 19.4 Å². The fourth-order valence-corrected chi connectivity index (χ4v) is 1.70. The summed E-state index contributed by atoms with van der Waals surface area (Å²) in [5.74, 6) is 0.712. The molecule has 0 saturated carbocycles. The Kier molecular flexibility index (Phi) is 2.06. The Hall–Kier alpha value is -1.29. The molecule has 3 nitrogen and oxygen atoms in total. The van der Waals surface area contributed by atoms with Gasteiger partial charge in [0.15, 0.2) is 10.8 Å². The smallest absolute Gasteiger partial charge is 0.188 e. The molecule has 2 aromatic heterocycles. The van der Waals surface area contributed by atoms with Crippen LogP contribution in [0.25, 0.3) is 10.8 Å². The molecule has 2 heterocycles. The highest BCUT2D eigenvalue weighted by molar-refractivity contribution is 7.13. The summed E-state index contributed by atoms with van der Waals surface area (Å²) in [7, 11) is 0. The maximum atomic E-state index is 4.30. The number of aromatic nitrogens is 3. The Labute approximate surface area is 80.5 Å². The standard InChI is InChI=1S/C9H9N3S/c1-6-3-10-8(11-4-6)9-12-7(2)5-13-9/h3-5H,1-2H3. The Bertz CT molecular complexity index is 405. The molecule has 13 heavy (non-hydrogen) atoms. The topological polar surface area (TPSA) is 38.7 Å². The number of rotatable bonds is 1. The Morgan fingerprint density at radius 1 is 1.15 bits per heavy atom. The second-order valence-electron chi connectivity index (χ2n) is 2.88. The van der Waals surface area contributed by atoms with E-state index in [2.05, 4.69) is 15.0 Å². The molecule has 0 spiro atoms. The Balaban J connectivity index is 2.41. The lowest BCUT2D eigenvalue weighted by Gasteiger charge is -1.93. The van der Waals surface area contributed by atoms with E-state index in [0.717, 1.165) is 16.3 Å². The molecule has 0 aliphatic rings. The highest BCUT2D eigenvalue weighted by Crippen LogP contribution is 2.18. The maximum Gasteiger partial charge on any atom is 0.188 e. The minimum absolute atomic E-state index is 0.712. The zero-order valence-electron chi connectivity index (χ0n) is 7.48. The molecule has 0 radical (unpaired) electrons. The molecule has 0 aliphatic carbocycles. The monoisotopic (exact) mass is 191 g/mol. The minimum Gasteiger partial charge on any atom is -0.238 e. The van der Waals surface area contributed by atoms with Gasteiger partial charge >= 0.3 is 0 Å². The summed E-state index contributed by atoms with van der Waals surface area (Å²) in [6, 6.07) is 0. The van der Waals surface area contributed by atoms with Gasteiger partial charge in [-0.2, -0.15) is 0 Å². The van der Waals surface area contributed by atoms with Crippen LogP contribution in [0.5, 0.6) is 0 Å². The van der Waals surface area contributed by atoms with Crippen molar-refractivity contribution >= 4 is 11.3 Å². The summed E-state index contributed by atoms with van der Waals surface area (Å²) in [6.45, 7) is 3.94. The van der Waals surface area contributed by atoms with Crippen LogP contribution in [0.1, 0.15) is 11.3 Å². The molecule has 0 atom stereocenters. The minimum atomic E-state index is 0.712. The van der Waals surface area contributed by atoms with Gasteiger partial charge < -0.3 is 0 Å². The average Bonchev–Trinajstić information content (AvgIpc) is 2.53. The molecular weight excluding hydrogens is 182 g/mol. The van der Waals surface area contributed by atoms with Crippen molar-refractivity contribution in [3.63, 3.8) is 0 Å². The van der Waals surface area contributed by atoms with Crippen LogP contribution in [-0.2, 0) is 0 Å². The fourth-order valence-electron chi connectivity index (χ4n) is 0.960. The first kappa shape index (κ1) is 8.31. The zero-order chi connectivity index (χ0) is 9.26. The average molecular weight is 191 g/mol. The van der Waals surface area contributed by atoms with Crippen LogP contribution >= 0.6 is 11.3 Å². The van der Waals surface area contributed by atoms with Gasteiger partial charge in [0, 0.05) is 23.5 Å². The molecule has 4 heteroatoms. The van der Waals surface area contributed by atoms with Crippen molar-refractivity contribution in [1.29, 1.82) is 0 Å². The highest BCUT2D eigenvalue weighted by Gasteiger charge is 2.03. The van der Waals surface area contributed by atoms with E-state index >= 15 is 0 Å². The Morgan fingerprint density at radius 2 is 1.85 bits per heavy atom. The Morgan fingerprint density at radius 3 is 2.38 bits per heavy atom. The van der Waals surface area contributed by atoms with Gasteiger partial charge in [-0.25, -0.2) is 15.0 Å². The molecule has 2 aromatic rings. The lowest BCUT2D eigenvalue weighted by atomic mass is 10.4. The van der Waals surface area contributed by atoms with E-state index < -0.39 is 0 Å². The first-order chi connectivity index (χ1) is 6.25. The number of thiazole rings is 1. The number of nitrogens with zero attached hydrogens (tertiary/aromatic N) is 3. The summed E-state index contributed by atoms with van der Waals surface area (Å²) in [5.41, 5.74) is 2.08. The van der Waals surface area contributed by atoms with E-state index in [4.69, 9.17) is 0 Å². The van der Waals surface area contributed by atoms with Gasteiger partial charge in [0.05, 0.1) is 0 Å². The maximum absolute atomic E-state index is 4.30. The van der Waals surface area contributed by atoms with E-state index in [1.807, 2.05) is 19.2 Å². The number of hydrogen-bond donors (Lipinski definition) is 0. The van der Waals surface area contributed by atoms with Crippen LogP contribution in [0.2, 0.25) is 0 Å². The molecule has 0 N–H and O–H groups in total. The van der Waals surface area contributed by atoms with Crippen LogP contribution in [0.3, 0.4) is 0 Å². The first-order valence-electron chi connectivity index (χ1n) is 3.97. The third-order valence-corrected chi connectivity index (χ3v) is 2.55. The molecule has 0 unspecified atom stereocenters. The fraction of sp³-hybridized carbons (Fsp3) is 0.222. The SMILES string of the molecule is Cc1cnc(-c2nc(C)cs2)nc1. The van der Waals surface area contributed by atoms with Crippen molar-refractivity contribution in [3.8, 4) is 10.8 Å². The van der Waals surface area contributed by atoms with Gasteiger partial charge in [-0.15, -0.1) is 11.3 Å². The molecule has 2 rings (SSSR count). The quantitative estimate of drug-likeness (QED) is 0.693. The van der Waals surface area contributed by atoms with Crippen LogP contribution in [0.15, 0.2) is 17.8 Å². The molecule has 0 saturated heterocycles. The lowest BCUT2D eigenvalue weighted by Crippen LogP contribution is -1.88. The number of hydrogen-bond acceptors (Lipinski definition) is 4. The van der Waals surface area contributed by atoms with Crippen molar-refractivity contribution in [2.45, 2.75) is 13.8 Å². The highest BCUT2D eigenvalue weighted by atomic mass is 32.1. The molecule has 0 bridgehead atoms. The van der Waals surface area contributed by atoms with E-state index in [1.165, 1.54) is 0 Å². The van der Waals surface area contributed by atoms with Crippen molar-refractivity contribution in [2.24, 2.45) is 0 Å². The largest absolute Gasteiger partial charge is 0.238 e. The lowest BCUT2D eigenvalue weighted by molar-refractivity contribution is 1.12. The third kappa shape index (κ3) is 1.72. The molecule has 0 amide bonds. The summed E-state index contributed by atoms with van der Waals surface area (Å²) >= 11 is 1.57. The third-order valence-electron chi connectivity index (χ3n) is 1.59. The van der Waals surface area contributed by atoms with Crippen LogP contribution in [-0.4, -0.2) is 15.0 Å². The van der Waals surface area contributed by atoms with Gasteiger partial charge in [-0.3, -0.25) is 0 Å². The van der Waals surface area contributed by atoms with E-state index in [0.29, 0.717) is 5.82 Å². The summed E-state index contributed by atoms with van der Waals surface area (Å²) < 4.78 is 0. The van der Waals surface area contributed by atoms with Crippen LogP contribution < -0.4 is 0 Å². The first-order valence-corrected chi connectivity index (χ1v) is 4.85. The van der Waals surface area contributed by atoms with E-state index in [-0.39, 0.29) is 0 Å². The molecule has 66 valence electrons. The van der Waals surface area contributed by atoms with Gasteiger partial charge in [-0.1, -0.05) is 0 Å². The van der Waals surface area contributed by atoms with Crippen molar-refractivity contribution in [1.82, 2.24) is 15.0 Å². The van der Waals surface area contributed by atoms with Crippen LogP contribution in [0, 0.1) is 13.8 Å². The second kappa shape index (κ2) is 3.22.